The molecule has 0 saturated carbocycles. The van der Waals surface area contributed by atoms with E-state index < -0.39 is 0 Å². The summed E-state index contributed by atoms with van der Waals surface area (Å²) in [5, 5.41) is 20.7. The molecular weight excluding hydrogens is 188 g/mol. The minimum atomic E-state index is -0.280. The van der Waals surface area contributed by atoms with Gasteiger partial charge in [-0.1, -0.05) is 29.8 Å². The van der Waals surface area contributed by atoms with Crippen LogP contribution in [0, 0.1) is 18.3 Å². The normalized spacial score (nSPS) is 12.1. The molecule has 3 heteroatoms. The summed E-state index contributed by atoms with van der Waals surface area (Å²) >= 11 is 0. The first-order valence-electron chi connectivity index (χ1n) is 5.08. The number of aliphatic hydroxyl groups excluding tert-OH is 1. The molecule has 1 aromatic carbocycles. The molecule has 0 fully saturated rings. The van der Waals surface area contributed by atoms with Crippen molar-refractivity contribution in [3.63, 3.8) is 0 Å². The van der Waals surface area contributed by atoms with Gasteiger partial charge in [-0.2, -0.15) is 5.26 Å². The Kier molecular flexibility index (Phi) is 4.82. The summed E-state index contributed by atoms with van der Waals surface area (Å²) < 4.78 is 0. The van der Waals surface area contributed by atoms with Crippen LogP contribution in [-0.4, -0.2) is 18.3 Å². The van der Waals surface area contributed by atoms with E-state index in [2.05, 4.69) is 11.4 Å². The predicted molar refractivity (Wildman–Crippen MR) is 59.2 cm³/mol. The SMILES string of the molecule is Cc1ccc(C(C#N)NCCCO)cc1. The van der Waals surface area contributed by atoms with Crippen molar-refractivity contribution in [3.05, 3.63) is 35.4 Å². The van der Waals surface area contributed by atoms with Crippen LogP contribution >= 0.6 is 0 Å². The molecule has 3 nitrogen and oxygen atoms in total. The van der Waals surface area contributed by atoms with Gasteiger partial charge in [0, 0.05) is 6.61 Å². The molecule has 15 heavy (non-hydrogen) atoms. The van der Waals surface area contributed by atoms with Crippen LogP contribution in [0.2, 0.25) is 0 Å². The fraction of sp³-hybridized carbons (Fsp3) is 0.417. The number of nitriles is 1. The molecule has 0 aliphatic rings. The molecule has 80 valence electrons. The molecule has 0 saturated heterocycles. The van der Waals surface area contributed by atoms with E-state index in [9.17, 15) is 0 Å². The van der Waals surface area contributed by atoms with Gasteiger partial charge in [0.05, 0.1) is 6.07 Å². The lowest BCUT2D eigenvalue weighted by molar-refractivity contribution is 0.285. The van der Waals surface area contributed by atoms with Crippen LogP contribution < -0.4 is 5.32 Å². The lowest BCUT2D eigenvalue weighted by atomic mass is 10.1. The smallest absolute Gasteiger partial charge is 0.121 e. The molecule has 0 bridgehead atoms. The molecule has 0 aromatic heterocycles. The van der Waals surface area contributed by atoms with Crippen molar-refractivity contribution in [2.45, 2.75) is 19.4 Å². The van der Waals surface area contributed by atoms with Gasteiger partial charge in [0.1, 0.15) is 6.04 Å². The van der Waals surface area contributed by atoms with Gasteiger partial charge in [0.2, 0.25) is 0 Å². The Morgan fingerprint density at radius 2 is 2.07 bits per heavy atom. The van der Waals surface area contributed by atoms with Crippen molar-refractivity contribution >= 4 is 0 Å². The molecule has 0 aliphatic heterocycles. The average Bonchev–Trinajstić information content (AvgIpc) is 2.26. The van der Waals surface area contributed by atoms with E-state index in [1.807, 2.05) is 31.2 Å². The van der Waals surface area contributed by atoms with Gasteiger partial charge < -0.3 is 5.11 Å². The zero-order valence-corrected chi connectivity index (χ0v) is 8.90. The second-order valence-corrected chi connectivity index (χ2v) is 3.50. The Labute approximate surface area is 90.4 Å². The van der Waals surface area contributed by atoms with E-state index in [1.165, 1.54) is 5.56 Å². The molecule has 2 N–H and O–H groups in total. The van der Waals surface area contributed by atoms with Gasteiger partial charge in [-0.05, 0) is 25.5 Å². The van der Waals surface area contributed by atoms with Crippen LogP contribution in [0.5, 0.6) is 0 Å². The fourth-order valence-electron chi connectivity index (χ4n) is 1.32. The van der Waals surface area contributed by atoms with E-state index in [1.54, 1.807) is 0 Å². The van der Waals surface area contributed by atoms with Crippen molar-refractivity contribution in [1.82, 2.24) is 5.32 Å². The Bertz CT molecular complexity index is 326. The van der Waals surface area contributed by atoms with Crippen LogP contribution in [0.1, 0.15) is 23.6 Å². The van der Waals surface area contributed by atoms with Crippen molar-refractivity contribution in [2.24, 2.45) is 0 Å². The largest absolute Gasteiger partial charge is 0.396 e. The molecule has 1 unspecified atom stereocenters. The van der Waals surface area contributed by atoms with Gasteiger partial charge >= 0.3 is 0 Å². The molecule has 0 heterocycles. The molecule has 1 rings (SSSR count). The number of hydrogen-bond acceptors (Lipinski definition) is 3. The Balaban J connectivity index is 2.59. The number of nitrogens with zero attached hydrogens (tertiary/aromatic N) is 1. The third-order valence-corrected chi connectivity index (χ3v) is 2.22. The summed E-state index contributed by atoms with van der Waals surface area (Å²) in [6.07, 6.45) is 0.671. The Morgan fingerprint density at radius 3 is 2.60 bits per heavy atom. The minimum absolute atomic E-state index is 0.152. The summed E-state index contributed by atoms with van der Waals surface area (Å²) in [6.45, 7) is 2.83. The number of nitrogens with one attached hydrogen (secondary N) is 1. The number of aryl methyl sites for hydroxylation is 1. The molecule has 0 aliphatic carbocycles. The highest BCUT2D eigenvalue weighted by Gasteiger charge is 2.08. The lowest BCUT2D eigenvalue weighted by Crippen LogP contribution is -2.21. The molecule has 0 amide bonds. The zero-order chi connectivity index (χ0) is 11.1. The summed E-state index contributed by atoms with van der Waals surface area (Å²) in [6, 6.07) is 9.82. The predicted octanol–water partition coefficient (Wildman–Crippen LogP) is 1.53. The van der Waals surface area contributed by atoms with E-state index >= 15 is 0 Å². The second-order valence-electron chi connectivity index (χ2n) is 3.50. The minimum Gasteiger partial charge on any atom is -0.396 e. The maximum absolute atomic E-state index is 8.97. The topological polar surface area (TPSA) is 56.0 Å². The van der Waals surface area contributed by atoms with Gasteiger partial charge in [-0.25, -0.2) is 0 Å². The van der Waals surface area contributed by atoms with Crippen LogP contribution in [-0.2, 0) is 0 Å². The molecule has 0 spiro atoms. The number of benzene rings is 1. The Hall–Kier alpha value is -1.37. The number of rotatable bonds is 5. The first-order valence-corrected chi connectivity index (χ1v) is 5.08. The van der Waals surface area contributed by atoms with Crippen LogP contribution in [0.3, 0.4) is 0 Å². The first kappa shape index (κ1) is 11.7. The summed E-state index contributed by atoms with van der Waals surface area (Å²) in [4.78, 5) is 0. The summed E-state index contributed by atoms with van der Waals surface area (Å²) in [5.41, 5.74) is 2.16. The zero-order valence-electron chi connectivity index (χ0n) is 8.90. The molecular formula is C12H16N2O. The molecule has 1 aromatic rings. The van der Waals surface area contributed by atoms with Crippen LogP contribution in [0.25, 0.3) is 0 Å². The number of hydrogen-bond donors (Lipinski definition) is 2. The highest BCUT2D eigenvalue weighted by atomic mass is 16.3. The molecule has 0 radical (unpaired) electrons. The van der Waals surface area contributed by atoms with E-state index in [0.717, 1.165) is 5.56 Å². The molecule has 1 atom stereocenters. The van der Waals surface area contributed by atoms with Gasteiger partial charge in [-0.15, -0.1) is 0 Å². The van der Waals surface area contributed by atoms with Gasteiger partial charge in [0.15, 0.2) is 0 Å². The third kappa shape index (κ3) is 3.70. The third-order valence-electron chi connectivity index (χ3n) is 2.22. The van der Waals surface area contributed by atoms with Crippen molar-refractivity contribution in [2.75, 3.05) is 13.2 Å². The average molecular weight is 204 g/mol. The van der Waals surface area contributed by atoms with Gasteiger partial charge in [0.25, 0.3) is 0 Å². The van der Waals surface area contributed by atoms with Gasteiger partial charge in [-0.3, -0.25) is 5.32 Å². The van der Waals surface area contributed by atoms with E-state index in [4.69, 9.17) is 10.4 Å². The maximum atomic E-state index is 8.97. The Morgan fingerprint density at radius 1 is 1.40 bits per heavy atom. The highest BCUT2D eigenvalue weighted by Crippen LogP contribution is 2.12. The van der Waals surface area contributed by atoms with Crippen LogP contribution in [0.15, 0.2) is 24.3 Å². The van der Waals surface area contributed by atoms with Crippen LogP contribution in [0.4, 0.5) is 0 Å². The highest BCUT2D eigenvalue weighted by molar-refractivity contribution is 5.27. The lowest BCUT2D eigenvalue weighted by Gasteiger charge is -2.11. The monoisotopic (exact) mass is 204 g/mol. The van der Waals surface area contributed by atoms with Crippen molar-refractivity contribution in [3.8, 4) is 6.07 Å². The summed E-state index contributed by atoms with van der Waals surface area (Å²) in [7, 11) is 0. The van der Waals surface area contributed by atoms with E-state index in [-0.39, 0.29) is 12.6 Å². The standard InChI is InChI=1S/C12H16N2O/c1-10-3-5-11(6-4-10)12(9-13)14-7-2-8-15/h3-6,12,14-15H,2,7-8H2,1H3. The maximum Gasteiger partial charge on any atom is 0.121 e. The van der Waals surface area contributed by atoms with E-state index in [0.29, 0.717) is 13.0 Å². The quantitative estimate of drug-likeness (QED) is 0.715. The van der Waals surface area contributed by atoms with Crippen molar-refractivity contribution in [1.29, 1.82) is 5.26 Å². The number of aliphatic hydroxyl groups is 1. The summed E-state index contributed by atoms with van der Waals surface area (Å²) in [5.74, 6) is 0. The first-order chi connectivity index (χ1) is 7.27. The van der Waals surface area contributed by atoms with Crippen molar-refractivity contribution < 1.29 is 5.11 Å². The second kappa shape index (κ2) is 6.18. The fourth-order valence-corrected chi connectivity index (χ4v) is 1.32.